The minimum atomic E-state index is -4.40. The molecule has 0 bridgehead atoms. The summed E-state index contributed by atoms with van der Waals surface area (Å²) >= 11 is 1.22. The molecule has 3 aromatic heterocycles. The van der Waals surface area contributed by atoms with Gasteiger partial charge in [0.2, 0.25) is 5.88 Å². The van der Waals surface area contributed by atoms with E-state index in [9.17, 15) is 18.0 Å². The van der Waals surface area contributed by atoms with Gasteiger partial charge in [0.25, 0.3) is 5.91 Å². The summed E-state index contributed by atoms with van der Waals surface area (Å²) in [5, 5.41) is 8.76. The minimum absolute atomic E-state index is 0.0550. The molecule has 4 rings (SSSR count). The molecule has 3 aromatic rings. The second-order valence-electron chi connectivity index (χ2n) is 11.3. The number of carbonyl (C=O) groups excluding carboxylic acids is 1. The van der Waals surface area contributed by atoms with Gasteiger partial charge in [-0.1, -0.05) is 6.92 Å². The van der Waals surface area contributed by atoms with Crippen molar-refractivity contribution in [3.05, 3.63) is 41.9 Å². The smallest absolute Gasteiger partial charge is 0.397 e. The van der Waals surface area contributed by atoms with E-state index >= 15 is 0 Å². The molecule has 4 heterocycles. The Bertz CT molecular complexity index is 1350. The van der Waals surface area contributed by atoms with Crippen molar-refractivity contribution in [2.45, 2.75) is 84.0 Å². The number of hydrogen-bond donors (Lipinski definition) is 1. The molecule has 0 atom stereocenters. The van der Waals surface area contributed by atoms with Gasteiger partial charge in [-0.05, 0) is 78.0 Å². The second-order valence-corrected chi connectivity index (χ2v) is 12.1. The molecule has 1 saturated heterocycles. The van der Waals surface area contributed by atoms with Crippen LogP contribution in [0.25, 0.3) is 5.82 Å². The van der Waals surface area contributed by atoms with Crippen molar-refractivity contribution in [1.82, 2.24) is 29.3 Å². The number of anilines is 1. The number of amides is 1. The Morgan fingerprint density at radius 1 is 1.20 bits per heavy atom. The standard InChI is InChI=1S/C27H36F3N7O2S/c1-7-13-35-16-20(18(2)32-35)40-34-24(38)19-9-10-21(31-23(19)36-14-8-12-26(36,5)6)37-15-11-22(33-37)39-17-25(3,4)27(28,29)30/h9-11,15-16H,7-8,12-14,17H2,1-6H3,(H,34,38). The molecular weight excluding hydrogens is 543 g/mol. The van der Waals surface area contributed by atoms with Crippen LogP contribution in [0, 0.1) is 12.3 Å². The van der Waals surface area contributed by atoms with E-state index in [0.29, 0.717) is 17.2 Å². The van der Waals surface area contributed by atoms with Crippen molar-refractivity contribution in [2.75, 3.05) is 18.1 Å². The van der Waals surface area contributed by atoms with Gasteiger partial charge in [-0.3, -0.25) is 14.2 Å². The van der Waals surface area contributed by atoms with Crippen LogP contribution < -0.4 is 14.4 Å². The maximum absolute atomic E-state index is 13.4. The molecule has 0 aromatic carbocycles. The third-order valence-electron chi connectivity index (χ3n) is 7.02. The maximum atomic E-state index is 13.4. The van der Waals surface area contributed by atoms with Crippen LogP contribution in [-0.4, -0.2) is 55.3 Å². The van der Waals surface area contributed by atoms with Gasteiger partial charge >= 0.3 is 6.18 Å². The lowest BCUT2D eigenvalue weighted by Gasteiger charge is -2.34. The molecule has 13 heteroatoms. The van der Waals surface area contributed by atoms with E-state index < -0.39 is 18.2 Å². The van der Waals surface area contributed by atoms with E-state index in [-0.39, 0.29) is 17.3 Å². The fourth-order valence-electron chi connectivity index (χ4n) is 4.40. The monoisotopic (exact) mass is 579 g/mol. The zero-order valence-electron chi connectivity index (χ0n) is 23.7. The maximum Gasteiger partial charge on any atom is 0.397 e. The topological polar surface area (TPSA) is 90.1 Å². The van der Waals surface area contributed by atoms with Gasteiger partial charge in [-0.2, -0.15) is 18.3 Å². The lowest BCUT2D eigenvalue weighted by atomic mass is 9.94. The number of hydrogen-bond acceptors (Lipinski definition) is 7. The molecular formula is C27H36F3N7O2S. The summed E-state index contributed by atoms with van der Waals surface area (Å²) in [6.07, 6.45) is 1.95. The van der Waals surface area contributed by atoms with Crippen LogP contribution in [0.2, 0.25) is 0 Å². The van der Waals surface area contributed by atoms with Gasteiger partial charge in [0.1, 0.15) is 12.4 Å². The zero-order chi connectivity index (χ0) is 29.3. The number of halogens is 3. The summed E-state index contributed by atoms with van der Waals surface area (Å²) in [7, 11) is 0. The lowest BCUT2D eigenvalue weighted by molar-refractivity contribution is -0.219. The SMILES string of the molecule is CCCn1cc(SNC(=O)c2ccc(-n3ccc(OCC(C)(C)C(F)(F)F)n3)nc2N2CCCC2(C)C)c(C)n1. The summed E-state index contributed by atoms with van der Waals surface area (Å²) in [5.41, 5.74) is -0.986. The highest BCUT2D eigenvalue weighted by atomic mass is 32.2. The van der Waals surface area contributed by atoms with Crippen molar-refractivity contribution in [3.63, 3.8) is 0 Å². The molecule has 0 unspecified atom stereocenters. The van der Waals surface area contributed by atoms with Crippen LogP contribution in [0.3, 0.4) is 0 Å². The Kier molecular flexibility index (Phi) is 8.44. The second kappa shape index (κ2) is 11.3. The number of nitrogens with one attached hydrogen (secondary N) is 1. The van der Waals surface area contributed by atoms with Crippen LogP contribution in [0.5, 0.6) is 5.88 Å². The van der Waals surface area contributed by atoms with Crippen molar-refractivity contribution < 1.29 is 22.7 Å². The Labute approximate surface area is 236 Å². The average Bonchev–Trinajstić information content (AvgIpc) is 3.58. The average molecular weight is 580 g/mol. The number of pyridine rings is 1. The van der Waals surface area contributed by atoms with Crippen molar-refractivity contribution in [3.8, 4) is 11.7 Å². The first-order chi connectivity index (χ1) is 18.7. The molecule has 40 heavy (non-hydrogen) atoms. The Morgan fingerprint density at radius 3 is 2.60 bits per heavy atom. The number of alkyl halides is 3. The summed E-state index contributed by atoms with van der Waals surface area (Å²) in [5.74, 6) is 0.707. The highest BCUT2D eigenvalue weighted by molar-refractivity contribution is 7.98. The third-order valence-corrected chi connectivity index (χ3v) is 7.93. The summed E-state index contributed by atoms with van der Waals surface area (Å²) in [6, 6.07) is 4.85. The molecule has 1 N–H and O–H groups in total. The van der Waals surface area contributed by atoms with Crippen LogP contribution in [-0.2, 0) is 6.54 Å². The molecule has 218 valence electrons. The van der Waals surface area contributed by atoms with Crippen LogP contribution >= 0.6 is 11.9 Å². The number of carbonyl (C=O) groups is 1. The fourth-order valence-corrected chi connectivity index (χ4v) is 5.07. The number of rotatable bonds is 10. The first-order valence-electron chi connectivity index (χ1n) is 13.3. The zero-order valence-corrected chi connectivity index (χ0v) is 24.5. The van der Waals surface area contributed by atoms with Crippen molar-refractivity contribution in [2.24, 2.45) is 5.41 Å². The van der Waals surface area contributed by atoms with Crippen LogP contribution in [0.4, 0.5) is 19.0 Å². The van der Waals surface area contributed by atoms with Crippen molar-refractivity contribution >= 4 is 23.7 Å². The molecule has 1 amide bonds. The number of nitrogens with zero attached hydrogens (tertiary/aromatic N) is 6. The van der Waals surface area contributed by atoms with Gasteiger partial charge in [0, 0.05) is 37.1 Å². The van der Waals surface area contributed by atoms with Crippen molar-refractivity contribution in [1.29, 1.82) is 0 Å². The molecule has 1 aliphatic rings. The largest absolute Gasteiger partial charge is 0.476 e. The summed E-state index contributed by atoms with van der Waals surface area (Å²) < 4.78 is 51.2. The third kappa shape index (κ3) is 6.39. The highest BCUT2D eigenvalue weighted by Gasteiger charge is 2.48. The fraction of sp³-hybridized carbons (Fsp3) is 0.556. The molecule has 0 aliphatic carbocycles. The van der Waals surface area contributed by atoms with Crippen LogP contribution in [0.1, 0.15) is 69.9 Å². The van der Waals surface area contributed by atoms with E-state index in [2.05, 4.69) is 40.6 Å². The minimum Gasteiger partial charge on any atom is -0.476 e. The van der Waals surface area contributed by atoms with Gasteiger partial charge < -0.3 is 9.64 Å². The highest BCUT2D eigenvalue weighted by Crippen LogP contribution is 2.38. The molecule has 0 saturated carbocycles. The van der Waals surface area contributed by atoms with Gasteiger partial charge in [0.05, 0.1) is 21.6 Å². The Morgan fingerprint density at radius 2 is 1.95 bits per heavy atom. The molecule has 1 fully saturated rings. The molecule has 0 radical (unpaired) electrons. The van der Waals surface area contributed by atoms with E-state index in [1.165, 1.54) is 22.7 Å². The van der Waals surface area contributed by atoms with E-state index in [4.69, 9.17) is 9.72 Å². The Hall–Kier alpha value is -3.22. The lowest BCUT2D eigenvalue weighted by Crippen LogP contribution is -2.40. The van der Waals surface area contributed by atoms with E-state index in [1.54, 1.807) is 18.3 Å². The van der Waals surface area contributed by atoms with E-state index in [0.717, 1.165) is 56.8 Å². The molecule has 1 aliphatic heterocycles. The Balaban J connectivity index is 1.57. The quantitative estimate of drug-likeness (QED) is 0.296. The normalized spacial score (nSPS) is 15.5. The molecule has 9 nitrogen and oxygen atoms in total. The van der Waals surface area contributed by atoms with Gasteiger partial charge in [0.15, 0.2) is 5.82 Å². The first kappa shape index (κ1) is 29.8. The van der Waals surface area contributed by atoms with Gasteiger partial charge in [-0.15, -0.1) is 5.10 Å². The predicted octanol–water partition coefficient (Wildman–Crippen LogP) is 5.97. The summed E-state index contributed by atoms with van der Waals surface area (Å²) in [4.78, 5) is 21.2. The predicted molar refractivity (Wildman–Crippen MR) is 148 cm³/mol. The summed E-state index contributed by atoms with van der Waals surface area (Å²) in [6.45, 7) is 11.3. The van der Waals surface area contributed by atoms with Crippen LogP contribution in [0.15, 0.2) is 35.5 Å². The van der Waals surface area contributed by atoms with Gasteiger partial charge in [-0.25, -0.2) is 9.67 Å². The first-order valence-corrected chi connectivity index (χ1v) is 14.1. The molecule has 0 spiro atoms. The number of ether oxygens (including phenoxy) is 1. The number of aryl methyl sites for hydroxylation is 2. The van der Waals surface area contributed by atoms with E-state index in [1.807, 2.05) is 17.8 Å². The number of aromatic nitrogens is 5.